The molecule has 0 spiro atoms. The lowest BCUT2D eigenvalue weighted by Crippen LogP contribution is -2.47. The molecule has 2 N–H and O–H groups in total. The van der Waals surface area contributed by atoms with Crippen LogP contribution in [0.3, 0.4) is 0 Å². The van der Waals surface area contributed by atoms with E-state index in [1.54, 1.807) is 6.08 Å². The predicted octanol–water partition coefficient (Wildman–Crippen LogP) is 4.16. The first-order valence-electron chi connectivity index (χ1n) is 9.35. The minimum Gasteiger partial charge on any atom is -0.444 e. The summed E-state index contributed by atoms with van der Waals surface area (Å²) in [6.45, 7) is 9.70. The van der Waals surface area contributed by atoms with Gasteiger partial charge in [-0.1, -0.05) is 43.0 Å². The Morgan fingerprint density at radius 1 is 1.22 bits per heavy atom. The van der Waals surface area contributed by atoms with E-state index in [2.05, 4.69) is 17.2 Å². The molecular formula is C21H30N2O4. The van der Waals surface area contributed by atoms with Crippen LogP contribution in [0.15, 0.2) is 43.0 Å². The van der Waals surface area contributed by atoms with Gasteiger partial charge in [0.25, 0.3) is 0 Å². The standard InChI is InChI=1S/C21H30N2O4/c1-5-18(26-19(24)22-14-15-9-7-6-8-10-15)13-16-11-17(12-16)23-20(25)27-21(2,3)4/h5-10,16-18H,1,11-14H2,2-4H3,(H,22,24)(H,23,25)/t16?,17?,18-/m0/s1. The number of amides is 2. The van der Waals surface area contributed by atoms with Crippen molar-refractivity contribution < 1.29 is 19.1 Å². The molecule has 27 heavy (non-hydrogen) atoms. The summed E-state index contributed by atoms with van der Waals surface area (Å²) in [4.78, 5) is 23.7. The summed E-state index contributed by atoms with van der Waals surface area (Å²) in [5.74, 6) is 0.384. The molecule has 0 bridgehead atoms. The van der Waals surface area contributed by atoms with Crippen molar-refractivity contribution in [2.24, 2.45) is 5.92 Å². The Balaban J connectivity index is 1.65. The van der Waals surface area contributed by atoms with E-state index in [-0.39, 0.29) is 18.2 Å². The summed E-state index contributed by atoms with van der Waals surface area (Å²) in [6.07, 6.45) is 2.87. The number of benzene rings is 1. The van der Waals surface area contributed by atoms with Gasteiger partial charge in [-0.05, 0) is 51.5 Å². The van der Waals surface area contributed by atoms with Crippen molar-refractivity contribution >= 4 is 12.2 Å². The van der Waals surface area contributed by atoms with Crippen LogP contribution in [0.1, 0.15) is 45.6 Å². The van der Waals surface area contributed by atoms with Crippen molar-refractivity contribution in [2.45, 2.75) is 64.3 Å². The third kappa shape index (κ3) is 7.72. The largest absolute Gasteiger partial charge is 0.444 e. The summed E-state index contributed by atoms with van der Waals surface area (Å²) in [7, 11) is 0. The average molecular weight is 374 g/mol. The molecule has 148 valence electrons. The molecule has 1 saturated carbocycles. The van der Waals surface area contributed by atoms with Crippen LogP contribution in [-0.2, 0) is 16.0 Å². The smallest absolute Gasteiger partial charge is 0.407 e. The SMILES string of the molecule is C=C[C@@H](CC1CC(NC(=O)OC(C)(C)C)C1)OC(=O)NCc1ccccc1. The molecule has 0 aliphatic heterocycles. The Kier molecular flexibility index (Phi) is 7.28. The molecule has 1 fully saturated rings. The molecule has 6 heteroatoms. The monoisotopic (exact) mass is 374 g/mol. The first-order chi connectivity index (χ1) is 12.7. The zero-order valence-corrected chi connectivity index (χ0v) is 16.4. The lowest BCUT2D eigenvalue weighted by molar-refractivity contribution is 0.0424. The molecular weight excluding hydrogens is 344 g/mol. The molecule has 2 amide bonds. The Bertz CT molecular complexity index is 633. The Hall–Kier alpha value is -2.50. The number of carbonyl (C=O) groups excluding carboxylic acids is 2. The van der Waals surface area contributed by atoms with Crippen molar-refractivity contribution in [2.75, 3.05) is 0 Å². The van der Waals surface area contributed by atoms with Crippen molar-refractivity contribution in [3.05, 3.63) is 48.6 Å². The Morgan fingerprint density at radius 3 is 2.48 bits per heavy atom. The predicted molar refractivity (Wildman–Crippen MR) is 104 cm³/mol. The fourth-order valence-corrected chi connectivity index (χ4v) is 2.99. The van der Waals surface area contributed by atoms with Gasteiger partial charge in [0.2, 0.25) is 0 Å². The van der Waals surface area contributed by atoms with E-state index >= 15 is 0 Å². The Labute approximate surface area is 161 Å². The second kappa shape index (κ2) is 9.44. The second-order valence-corrected chi connectivity index (χ2v) is 7.93. The molecule has 1 aromatic rings. The quantitative estimate of drug-likeness (QED) is 0.703. The van der Waals surface area contributed by atoms with E-state index in [4.69, 9.17) is 9.47 Å². The van der Waals surface area contributed by atoms with Gasteiger partial charge in [-0.2, -0.15) is 0 Å². The minimum absolute atomic E-state index is 0.113. The summed E-state index contributed by atoms with van der Waals surface area (Å²) in [6, 6.07) is 9.77. The molecule has 0 unspecified atom stereocenters. The third-order valence-corrected chi connectivity index (χ3v) is 4.32. The lowest BCUT2D eigenvalue weighted by Gasteiger charge is -2.37. The molecule has 0 radical (unpaired) electrons. The summed E-state index contributed by atoms with van der Waals surface area (Å²) < 4.78 is 10.7. The van der Waals surface area contributed by atoms with Gasteiger partial charge < -0.3 is 20.1 Å². The minimum atomic E-state index is -0.498. The molecule has 0 saturated heterocycles. The van der Waals surface area contributed by atoms with Crippen LogP contribution in [0, 0.1) is 5.92 Å². The molecule has 1 atom stereocenters. The number of carbonyl (C=O) groups is 2. The fourth-order valence-electron chi connectivity index (χ4n) is 2.99. The number of nitrogens with one attached hydrogen (secondary N) is 2. The lowest BCUT2D eigenvalue weighted by atomic mass is 9.77. The highest BCUT2D eigenvalue weighted by molar-refractivity contribution is 5.68. The van der Waals surface area contributed by atoms with Gasteiger partial charge in [0.1, 0.15) is 11.7 Å². The summed E-state index contributed by atoms with van der Waals surface area (Å²) in [5.41, 5.74) is 0.516. The van der Waals surface area contributed by atoms with Crippen molar-refractivity contribution in [3.8, 4) is 0 Å². The first-order valence-corrected chi connectivity index (χ1v) is 9.35. The highest BCUT2D eigenvalue weighted by atomic mass is 16.6. The van der Waals surface area contributed by atoms with Gasteiger partial charge in [-0.3, -0.25) is 0 Å². The maximum absolute atomic E-state index is 12.0. The highest BCUT2D eigenvalue weighted by Gasteiger charge is 2.33. The van der Waals surface area contributed by atoms with E-state index in [0.29, 0.717) is 18.9 Å². The number of hydrogen-bond acceptors (Lipinski definition) is 4. The molecule has 2 rings (SSSR count). The molecule has 0 heterocycles. The summed E-state index contributed by atoms with van der Waals surface area (Å²) >= 11 is 0. The van der Waals surface area contributed by atoms with Gasteiger partial charge in [0, 0.05) is 12.6 Å². The van der Waals surface area contributed by atoms with Crippen LogP contribution >= 0.6 is 0 Å². The van der Waals surface area contributed by atoms with Crippen molar-refractivity contribution in [1.82, 2.24) is 10.6 Å². The van der Waals surface area contributed by atoms with E-state index in [0.717, 1.165) is 18.4 Å². The van der Waals surface area contributed by atoms with Crippen molar-refractivity contribution in [1.29, 1.82) is 0 Å². The van der Waals surface area contributed by atoms with Crippen LogP contribution in [0.25, 0.3) is 0 Å². The van der Waals surface area contributed by atoms with Gasteiger partial charge >= 0.3 is 12.2 Å². The van der Waals surface area contributed by atoms with Crippen molar-refractivity contribution in [3.63, 3.8) is 0 Å². The molecule has 0 aromatic heterocycles. The number of ether oxygens (including phenoxy) is 2. The van der Waals surface area contributed by atoms with Gasteiger partial charge in [-0.15, -0.1) is 0 Å². The molecule has 6 nitrogen and oxygen atoms in total. The second-order valence-electron chi connectivity index (χ2n) is 7.93. The van der Waals surface area contributed by atoms with Crippen LogP contribution in [0.4, 0.5) is 9.59 Å². The zero-order chi connectivity index (χ0) is 19.9. The normalized spacial score (nSPS) is 20.0. The van der Waals surface area contributed by atoms with Crippen LogP contribution in [-0.4, -0.2) is 29.9 Å². The Morgan fingerprint density at radius 2 is 1.89 bits per heavy atom. The van der Waals surface area contributed by atoms with E-state index in [9.17, 15) is 9.59 Å². The maximum Gasteiger partial charge on any atom is 0.407 e. The topological polar surface area (TPSA) is 76.7 Å². The van der Waals surface area contributed by atoms with Crippen LogP contribution in [0.5, 0.6) is 0 Å². The average Bonchev–Trinajstić information content (AvgIpc) is 2.56. The van der Waals surface area contributed by atoms with Crippen LogP contribution in [0.2, 0.25) is 0 Å². The van der Waals surface area contributed by atoms with Gasteiger partial charge in [-0.25, -0.2) is 9.59 Å². The number of hydrogen-bond donors (Lipinski definition) is 2. The number of alkyl carbamates (subject to hydrolysis) is 2. The van der Waals surface area contributed by atoms with Crippen LogP contribution < -0.4 is 10.6 Å². The zero-order valence-electron chi connectivity index (χ0n) is 16.4. The summed E-state index contributed by atoms with van der Waals surface area (Å²) in [5, 5.41) is 5.61. The highest BCUT2D eigenvalue weighted by Crippen LogP contribution is 2.32. The first kappa shape index (κ1) is 20.8. The van der Waals surface area contributed by atoms with Gasteiger partial charge in [0.05, 0.1) is 0 Å². The van der Waals surface area contributed by atoms with E-state index in [1.807, 2.05) is 51.1 Å². The third-order valence-electron chi connectivity index (χ3n) is 4.32. The molecule has 1 aliphatic carbocycles. The maximum atomic E-state index is 12.0. The van der Waals surface area contributed by atoms with E-state index < -0.39 is 11.7 Å². The number of rotatable bonds is 7. The molecule has 1 aliphatic rings. The van der Waals surface area contributed by atoms with Gasteiger partial charge in [0.15, 0.2) is 0 Å². The molecule has 1 aromatic carbocycles. The van der Waals surface area contributed by atoms with E-state index in [1.165, 1.54) is 0 Å². The fraction of sp³-hybridized carbons (Fsp3) is 0.524.